The quantitative estimate of drug-likeness (QED) is 0.777. The molecule has 1 heterocycles. The van der Waals surface area contributed by atoms with E-state index in [1.54, 1.807) is 0 Å². The number of nitrogens with one attached hydrogen (secondary N) is 2. The number of aryl methyl sites for hydroxylation is 1. The van der Waals surface area contributed by atoms with Gasteiger partial charge >= 0.3 is 6.03 Å². The van der Waals surface area contributed by atoms with Crippen molar-refractivity contribution in [3.63, 3.8) is 0 Å². The Morgan fingerprint density at radius 2 is 2.22 bits per heavy atom. The van der Waals surface area contributed by atoms with Crippen molar-refractivity contribution >= 4 is 6.03 Å². The van der Waals surface area contributed by atoms with Gasteiger partial charge in [0.2, 0.25) is 0 Å². The maximum Gasteiger partial charge on any atom is 0.318 e. The van der Waals surface area contributed by atoms with Crippen LogP contribution in [-0.4, -0.2) is 37.6 Å². The molecule has 0 aromatic heterocycles. The molecule has 1 aliphatic rings. The Kier molecular flexibility index (Phi) is 4.20. The van der Waals surface area contributed by atoms with Crippen molar-refractivity contribution < 1.29 is 4.79 Å². The lowest BCUT2D eigenvalue weighted by molar-refractivity contribution is 0.217. The van der Waals surface area contributed by atoms with E-state index in [0.717, 1.165) is 26.1 Å². The average molecular weight is 247 g/mol. The van der Waals surface area contributed by atoms with Gasteiger partial charge < -0.3 is 15.5 Å². The van der Waals surface area contributed by atoms with E-state index in [0.29, 0.717) is 0 Å². The second-order valence-corrected chi connectivity index (χ2v) is 4.76. The number of amides is 2. The van der Waals surface area contributed by atoms with Gasteiger partial charge in [0.05, 0.1) is 6.04 Å². The highest BCUT2D eigenvalue weighted by molar-refractivity contribution is 5.77. The van der Waals surface area contributed by atoms with E-state index in [1.165, 1.54) is 11.1 Å². The van der Waals surface area contributed by atoms with Crippen LogP contribution in [0.5, 0.6) is 0 Å². The lowest BCUT2D eigenvalue weighted by Gasteiger charge is -2.15. The molecule has 1 atom stereocenters. The summed E-state index contributed by atoms with van der Waals surface area (Å²) in [5, 5.41) is 6.15. The number of carbonyl (C=O) groups is 1. The maximum absolute atomic E-state index is 11.9. The van der Waals surface area contributed by atoms with Crippen LogP contribution in [0.25, 0.3) is 0 Å². The zero-order valence-corrected chi connectivity index (χ0v) is 11.1. The Bertz CT molecular complexity index is 419. The first kappa shape index (κ1) is 12.9. The topological polar surface area (TPSA) is 44.4 Å². The molecule has 1 aromatic carbocycles. The molecule has 4 nitrogen and oxygen atoms in total. The minimum atomic E-state index is 0.0550. The molecule has 0 aliphatic carbocycles. The van der Waals surface area contributed by atoms with Crippen LogP contribution in [0.3, 0.4) is 0 Å². The first-order valence-corrected chi connectivity index (χ1v) is 6.48. The molecule has 0 radical (unpaired) electrons. The summed E-state index contributed by atoms with van der Waals surface area (Å²) in [4.78, 5) is 13.8. The lowest BCUT2D eigenvalue weighted by atomic mass is 10.0. The van der Waals surface area contributed by atoms with Crippen LogP contribution in [0.4, 0.5) is 4.79 Å². The molecule has 1 aliphatic heterocycles. The molecule has 2 N–H and O–H groups in total. The summed E-state index contributed by atoms with van der Waals surface area (Å²) in [6.07, 6.45) is 0.990. The zero-order valence-electron chi connectivity index (χ0n) is 11.1. The largest absolute Gasteiger partial charge is 0.329 e. The normalized spacial score (nSPS) is 19.1. The summed E-state index contributed by atoms with van der Waals surface area (Å²) in [5.74, 6) is 0. The van der Waals surface area contributed by atoms with Crippen molar-refractivity contribution in [3.05, 3.63) is 35.4 Å². The van der Waals surface area contributed by atoms with Crippen molar-refractivity contribution in [1.82, 2.24) is 15.5 Å². The van der Waals surface area contributed by atoms with Crippen LogP contribution in [-0.2, 0) is 0 Å². The van der Waals surface area contributed by atoms with E-state index in [-0.39, 0.29) is 12.1 Å². The van der Waals surface area contributed by atoms with Crippen molar-refractivity contribution in [2.24, 2.45) is 0 Å². The van der Waals surface area contributed by atoms with Crippen LogP contribution >= 0.6 is 0 Å². The first-order valence-electron chi connectivity index (χ1n) is 6.48. The van der Waals surface area contributed by atoms with Crippen molar-refractivity contribution in [2.45, 2.75) is 19.4 Å². The van der Waals surface area contributed by atoms with Crippen LogP contribution in [0.1, 0.15) is 23.6 Å². The van der Waals surface area contributed by atoms with Gasteiger partial charge in [0.15, 0.2) is 0 Å². The highest BCUT2D eigenvalue weighted by Gasteiger charge is 2.29. The highest BCUT2D eigenvalue weighted by atomic mass is 16.2. The number of benzene rings is 1. The van der Waals surface area contributed by atoms with E-state index in [9.17, 15) is 4.79 Å². The third-order valence-corrected chi connectivity index (χ3v) is 3.41. The Morgan fingerprint density at radius 3 is 2.94 bits per heavy atom. The predicted molar refractivity (Wildman–Crippen MR) is 72.6 cm³/mol. The highest BCUT2D eigenvalue weighted by Crippen LogP contribution is 2.22. The third-order valence-electron chi connectivity index (χ3n) is 3.41. The molecule has 1 saturated heterocycles. The molecule has 0 saturated carbocycles. The van der Waals surface area contributed by atoms with Crippen LogP contribution in [0.15, 0.2) is 24.3 Å². The second-order valence-electron chi connectivity index (χ2n) is 4.76. The molecule has 0 spiro atoms. The Morgan fingerprint density at radius 1 is 1.44 bits per heavy atom. The minimum Gasteiger partial charge on any atom is -0.329 e. The molecule has 0 bridgehead atoms. The molecule has 2 amide bonds. The van der Waals surface area contributed by atoms with E-state index in [4.69, 9.17) is 0 Å². The van der Waals surface area contributed by atoms with E-state index in [2.05, 4.69) is 29.7 Å². The average Bonchev–Trinajstić information content (AvgIpc) is 2.72. The number of nitrogens with zero attached hydrogens (tertiary/aromatic N) is 1. The lowest BCUT2D eigenvalue weighted by Crippen LogP contribution is -2.30. The van der Waals surface area contributed by atoms with E-state index < -0.39 is 0 Å². The summed E-state index contributed by atoms with van der Waals surface area (Å²) in [5.41, 5.74) is 2.46. The number of urea groups is 1. The Hall–Kier alpha value is -1.55. The summed E-state index contributed by atoms with van der Waals surface area (Å²) < 4.78 is 0. The fourth-order valence-corrected chi connectivity index (χ4v) is 2.38. The number of hydrogen-bond donors (Lipinski definition) is 2. The summed E-state index contributed by atoms with van der Waals surface area (Å²) in [6, 6.07) is 8.42. The van der Waals surface area contributed by atoms with E-state index in [1.807, 2.05) is 24.1 Å². The van der Waals surface area contributed by atoms with E-state index >= 15 is 0 Å². The van der Waals surface area contributed by atoms with Gasteiger partial charge in [0, 0.05) is 13.1 Å². The smallest absolute Gasteiger partial charge is 0.318 e. The van der Waals surface area contributed by atoms with Gasteiger partial charge in [-0.25, -0.2) is 4.79 Å². The molecular weight excluding hydrogens is 226 g/mol. The molecule has 18 heavy (non-hydrogen) atoms. The first-order chi connectivity index (χ1) is 8.72. The molecule has 1 unspecified atom stereocenters. The number of rotatable bonds is 5. The maximum atomic E-state index is 11.9. The van der Waals surface area contributed by atoms with Gasteiger partial charge in [-0.15, -0.1) is 0 Å². The molecule has 1 fully saturated rings. The monoisotopic (exact) mass is 247 g/mol. The molecule has 2 rings (SSSR count). The Labute approximate surface area is 108 Å². The van der Waals surface area contributed by atoms with Gasteiger partial charge in [-0.05, 0) is 38.1 Å². The van der Waals surface area contributed by atoms with Crippen molar-refractivity contribution in [1.29, 1.82) is 0 Å². The van der Waals surface area contributed by atoms with Gasteiger partial charge in [-0.1, -0.05) is 24.3 Å². The van der Waals surface area contributed by atoms with Gasteiger partial charge in [-0.2, -0.15) is 0 Å². The Balaban J connectivity index is 1.98. The molecule has 1 aromatic rings. The summed E-state index contributed by atoms with van der Waals surface area (Å²) in [6.45, 7) is 4.62. The summed E-state index contributed by atoms with van der Waals surface area (Å²) >= 11 is 0. The SMILES string of the molecule is CNCCCN1CC(c2ccccc2C)NC1=O. The van der Waals surface area contributed by atoms with Crippen molar-refractivity contribution in [2.75, 3.05) is 26.7 Å². The molecule has 98 valence electrons. The van der Waals surface area contributed by atoms with Gasteiger partial charge in [0.25, 0.3) is 0 Å². The zero-order chi connectivity index (χ0) is 13.0. The second kappa shape index (κ2) is 5.87. The fraction of sp³-hybridized carbons (Fsp3) is 0.500. The predicted octanol–water partition coefficient (Wildman–Crippen LogP) is 1.67. The minimum absolute atomic E-state index is 0.0550. The third kappa shape index (κ3) is 2.82. The van der Waals surface area contributed by atoms with Gasteiger partial charge in [-0.3, -0.25) is 0 Å². The molecular formula is C14H21N3O. The van der Waals surface area contributed by atoms with Gasteiger partial charge in [0.1, 0.15) is 0 Å². The number of carbonyl (C=O) groups excluding carboxylic acids is 1. The van der Waals surface area contributed by atoms with Crippen LogP contribution in [0, 0.1) is 6.92 Å². The molecule has 4 heteroatoms. The number of hydrogen-bond acceptors (Lipinski definition) is 2. The van der Waals surface area contributed by atoms with Crippen LogP contribution in [0.2, 0.25) is 0 Å². The summed E-state index contributed by atoms with van der Waals surface area (Å²) in [7, 11) is 1.93. The van der Waals surface area contributed by atoms with Crippen LogP contribution < -0.4 is 10.6 Å². The van der Waals surface area contributed by atoms with Crippen molar-refractivity contribution in [3.8, 4) is 0 Å². The fourth-order valence-electron chi connectivity index (χ4n) is 2.38. The standard InChI is InChI=1S/C14H21N3O/c1-11-6-3-4-7-12(11)13-10-17(14(18)16-13)9-5-8-15-2/h3-4,6-7,13,15H,5,8-10H2,1-2H3,(H,16,18).